The van der Waals surface area contributed by atoms with Crippen LogP contribution in [0.3, 0.4) is 0 Å². The molecule has 1 nitrogen and oxygen atoms in total. The zero-order valence-corrected chi connectivity index (χ0v) is 31.0. The molecule has 0 radical (unpaired) electrons. The Kier molecular flexibility index (Phi) is 4.94. The molecule has 59 heavy (non-hydrogen) atoms. The standard InChI is InChI=1S/C58H36O/c1-3-19-43-38(14-1)16-12-27-46(43)52-35-34-39-15-2-4-20-44(39)56(52)57-50-24-7-5-22-48(50)55(49-23-6-8-25-51(49)57)40-32-30-37(31-33-40)41-17-11-18-42(36-41)45-26-13-28-53-47-21-9-10-29-54(47)59-58(45)53/h1-36H/i1D,3D,5D,6D,7D,8D,12D,14D,16D,19D,22D,23D,24D,25D,27D. The predicted molar refractivity (Wildman–Crippen MR) is 251 cm³/mol. The summed E-state index contributed by atoms with van der Waals surface area (Å²) in [5.74, 6) is 0. The molecule has 274 valence electrons. The van der Waals surface area contributed by atoms with Gasteiger partial charge in [-0.1, -0.05) is 206 Å². The zero-order valence-electron chi connectivity index (χ0n) is 46.0. The van der Waals surface area contributed by atoms with Crippen LogP contribution in [0.15, 0.2) is 222 Å². The van der Waals surface area contributed by atoms with Crippen LogP contribution in [0.4, 0.5) is 0 Å². The SMILES string of the molecule is [2H]c1c([2H])c([2H])c2c(-c3ccc4ccccc4c3-c3c4c([2H])c([2H])c([2H])c([2H])c4c(-c4ccc(-c5cccc(-c6cccc7c6oc6ccccc67)c5)cc4)c4c([2H])c([2H])c([2H])c([2H])c34)c([2H])c([2H])c([2H])c2c1[2H]. The average molecular weight is 764 g/mol. The summed E-state index contributed by atoms with van der Waals surface area (Å²) in [5.41, 5.74) is 5.42. The van der Waals surface area contributed by atoms with Crippen LogP contribution in [0.25, 0.3) is 121 Å². The van der Waals surface area contributed by atoms with Crippen LogP contribution in [-0.4, -0.2) is 0 Å². The Morgan fingerprint density at radius 2 is 0.915 bits per heavy atom. The van der Waals surface area contributed by atoms with Crippen LogP contribution in [-0.2, 0) is 0 Å². The van der Waals surface area contributed by atoms with E-state index in [1.165, 1.54) is 0 Å². The van der Waals surface area contributed by atoms with E-state index in [0.717, 1.165) is 44.2 Å². The Hall–Kier alpha value is -7.74. The van der Waals surface area contributed by atoms with Crippen LogP contribution >= 0.6 is 0 Å². The summed E-state index contributed by atoms with van der Waals surface area (Å²) < 4.78 is 144. The first-order valence-electron chi connectivity index (χ1n) is 26.6. The minimum absolute atomic E-state index is 0.0488. The quantitative estimate of drug-likeness (QED) is 0.159. The molecule has 11 aromatic carbocycles. The molecule has 1 heteroatoms. The normalized spacial score (nSPS) is 15.3. The van der Waals surface area contributed by atoms with Crippen molar-refractivity contribution in [2.24, 2.45) is 0 Å². The summed E-state index contributed by atoms with van der Waals surface area (Å²) in [5, 5.41) is 2.09. The smallest absolute Gasteiger partial charge is 0.143 e. The maximum atomic E-state index is 9.74. The van der Waals surface area contributed by atoms with E-state index in [0.29, 0.717) is 16.3 Å². The third-order valence-corrected chi connectivity index (χ3v) is 11.2. The Morgan fingerprint density at radius 1 is 0.305 bits per heavy atom. The number of rotatable bonds is 5. The van der Waals surface area contributed by atoms with Gasteiger partial charge in [0, 0.05) is 16.3 Å². The molecule has 0 saturated carbocycles. The van der Waals surface area contributed by atoms with Gasteiger partial charge in [0.25, 0.3) is 0 Å². The third kappa shape index (κ3) is 5.33. The monoisotopic (exact) mass is 763 g/mol. The van der Waals surface area contributed by atoms with Crippen molar-refractivity contribution in [1.82, 2.24) is 0 Å². The first kappa shape index (κ1) is 21.7. The van der Waals surface area contributed by atoms with Crippen LogP contribution in [0, 0.1) is 0 Å². The fraction of sp³-hybridized carbons (Fsp3) is 0. The topological polar surface area (TPSA) is 13.1 Å². The first-order valence-corrected chi connectivity index (χ1v) is 19.1. The van der Waals surface area contributed by atoms with Gasteiger partial charge in [-0.15, -0.1) is 0 Å². The summed E-state index contributed by atoms with van der Waals surface area (Å²) in [6.07, 6.45) is 0. The fourth-order valence-electron chi connectivity index (χ4n) is 8.60. The molecule has 0 fully saturated rings. The molecular formula is C58H36O. The molecule has 0 amide bonds. The van der Waals surface area contributed by atoms with Gasteiger partial charge in [-0.05, 0) is 105 Å². The van der Waals surface area contributed by atoms with Crippen molar-refractivity contribution in [2.45, 2.75) is 0 Å². The Morgan fingerprint density at radius 3 is 1.71 bits per heavy atom. The molecule has 12 aromatic rings. The molecule has 12 rings (SSSR count). The van der Waals surface area contributed by atoms with Gasteiger partial charge in [-0.3, -0.25) is 0 Å². The maximum absolute atomic E-state index is 9.74. The molecule has 0 aliphatic heterocycles. The Balaban J connectivity index is 1.18. The molecule has 0 aliphatic carbocycles. The Labute approximate surface area is 363 Å². The summed E-state index contributed by atoms with van der Waals surface area (Å²) in [6.45, 7) is 0. The molecular weight excluding hydrogens is 713 g/mol. The summed E-state index contributed by atoms with van der Waals surface area (Å²) in [7, 11) is 0. The van der Waals surface area contributed by atoms with E-state index in [4.69, 9.17) is 16.8 Å². The Bertz CT molecular complexity index is 4400. The minimum atomic E-state index is -0.648. The summed E-state index contributed by atoms with van der Waals surface area (Å²) in [6, 6.07) is 30.6. The molecule has 1 aromatic heterocycles. The molecule has 0 aliphatic rings. The average Bonchev–Trinajstić information content (AvgIpc) is 3.82. The highest BCUT2D eigenvalue weighted by Gasteiger charge is 2.22. The van der Waals surface area contributed by atoms with Gasteiger partial charge in [0.2, 0.25) is 0 Å². The van der Waals surface area contributed by atoms with Gasteiger partial charge < -0.3 is 4.42 Å². The number of fused-ring (bicyclic) bond motifs is 7. The van der Waals surface area contributed by atoms with Crippen molar-refractivity contribution in [1.29, 1.82) is 0 Å². The van der Waals surface area contributed by atoms with E-state index in [-0.39, 0.29) is 60.1 Å². The van der Waals surface area contributed by atoms with Crippen LogP contribution in [0.1, 0.15) is 20.6 Å². The van der Waals surface area contributed by atoms with Gasteiger partial charge in [0.15, 0.2) is 0 Å². The first-order chi connectivity index (χ1) is 35.5. The second kappa shape index (κ2) is 13.4. The van der Waals surface area contributed by atoms with Crippen LogP contribution < -0.4 is 0 Å². The lowest BCUT2D eigenvalue weighted by molar-refractivity contribution is 0.670. The fourth-order valence-corrected chi connectivity index (χ4v) is 8.60. The van der Waals surface area contributed by atoms with Crippen molar-refractivity contribution in [3.8, 4) is 55.6 Å². The van der Waals surface area contributed by atoms with Crippen molar-refractivity contribution < 1.29 is 25.0 Å². The highest BCUT2D eigenvalue weighted by Crippen LogP contribution is 2.49. The lowest BCUT2D eigenvalue weighted by Crippen LogP contribution is -1.94. The number of hydrogen-bond acceptors (Lipinski definition) is 1. The van der Waals surface area contributed by atoms with Gasteiger partial charge in [0.1, 0.15) is 11.2 Å². The van der Waals surface area contributed by atoms with E-state index in [9.17, 15) is 8.22 Å². The number of hydrogen-bond donors (Lipinski definition) is 0. The highest BCUT2D eigenvalue weighted by atomic mass is 16.3. The van der Waals surface area contributed by atoms with Gasteiger partial charge in [-0.25, -0.2) is 0 Å². The number of para-hydroxylation sites is 2. The van der Waals surface area contributed by atoms with Crippen molar-refractivity contribution >= 4 is 65.0 Å². The van der Waals surface area contributed by atoms with E-state index in [1.807, 2.05) is 78.9 Å². The van der Waals surface area contributed by atoms with Crippen molar-refractivity contribution in [2.75, 3.05) is 0 Å². The van der Waals surface area contributed by atoms with Gasteiger partial charge in [-0.2, -0.15) is 0 Å². The molecule has 0 N–H and O–H groups in total. The molecule has 0 atom stereocenters. The van der Waals surface area contributed by atoms with Crippen molar-refractivity contribution in [3.63, 3.8) is 0 Å². The lowest BCUT2D eigenvalue weighted by atomic mass is 9.81. The molecule has 0 saturated heterocycles. The third-order valence-electron chi connectivity index (χ3n) is 11.2. The second-order valence-electron chi connectivity index (χ2n) is 14.4. The highest BCUT2D eigenvalue weighted by molar-refractivity contribution is 6.26. The number of benzene rings is 11. The van der Waals surface area contributed by atoms with E-state index in [1.54, 1.807) is 48.5 Å². The minimum Gasteiger partial charge on any atom is -0.455 e. The van der Waals surface area contributed by atoms with Crippen LogP contribution in [0.2, 0.25) is 0 Å². The zero-order chi connectivity index (χ0) is 51.9. The van der Waals surface area contributed by atoms with E-state index >= 15 is 0 Å². The summed E-state index contributed by atoms with van der Waals surface area (Å²) in [4.78, 5) is 0. The predicted octanol–water partition coefficient (Wildman–Crippen LogP) is 16.5. The molecule has 1 heterocycles. The van der Waals surface area contributed by atoms with Crippen molar-refractivity contribution in [3.05, 3.63) is 218 Å². The number of furan rings is 1. The van der Waals surface area contributed by atoms with E-state index in [2.05, 4.69) is 0 Å². The van der Waals surface area contributed by atoms with E-state index < -0.39 is 90.6 Å². The maximum Gasteiger partial charge on any atom is 0.143 e. The molecule has 0 bridgehead atoms. The summed E-state index contributed by atoms with van der Waals surface area (Å²) >= 11 is 0. The second-order valence-corrected chi connectivity index (χ2v) is 14.4. The molecule has 0 spiro atoms. The molecule has 0 unspecified atom stereocenters. The van der Waals surface area contributed by atoms with Crippen LogP contribution in [0.5, 0.6) is 0 Å². The van der Waals surface area contributed by atoms with Gasteiger partial charge >= 0.3 is 0 Å². The lowest BCUT2D eigenvalue weighted by Gasteiger charge is -2.22. The largest absolute Gasteiger partial charge is 0.455 e. The van der Waals surface area contributed by atoms with Gasteiger partial charge in [0.05, 0.1) is 20.6 Å².